The second-order valence-electron chi connectivity index (χ2n) is 2.94. The maximum Gasteiger partial charge on any atom is 0.403 e. The predicted octanol–water partition coefficient (Wildman–Crippen LogP) is 2.26. The van der Waals surface area contributed by atoms with Crippen LogP contribution in [0.5, 0.6) is 0 Å². The number of benzene rings is 1. The summed E-state index contributed by atoms with van der Waals surface area (Å²) in [7, 11) is 0. The van der Waals surface area contributed by atoms with Crippen molar-refractivity contribution in [2.45, 2.75) is 18.6 Å². The van der Waals surface area contributed by atoms with Crippen LogP contribution in [-0.4, -0.2) is 12.2 Å². The lowest BCUT2D eigenvalue weighted by atomic mass is 10.1. The summed E-state index contributed by atoms with van der Waals surface area (Å²) in [5.41, 5.74) is 4.84. The van der Waals surface area contributed by atoms with Crippen molar-refractivity contribution in [3.05, 3.63) is 35.6 Å². The summed E-state index contributed by atoms with van der Waals surface area (Å²) >= 11 is 0. The van der Waals surface area contributed by atoms with Gasteiger partial charge in [0.1, 0.15) is 11.9 Å². The van der Waals surface area contributed by atoms with E-state index in [9.17, 15) is 17.6 Å². The Morgan fingerprint density at radius 1 is 1.21 bits per heavy atom. The topological polar surface area (TPSA) is 26.0 Å². The van der Waals surface area contributed by atoms with Crippen molar-refractivity contribution in [3.63, 3.8) is 0 Å². The molecule has 0 aliphatic heterocycles. The van der Waals surface area contributed by atoms with E-state index in [1.807, 2.05) is 0 Å². The highest BCUT2D eigenvalue weighted by molar-refractivity contribution is 5.18. The molecule has 0 spiro atoms. The van der Waals surface area contributed by atoms with Crippen LogP contribution in [0.1, 0.15) is 5.56 Å². The summed E-state index contributed by atoms with van der Waals surface area (Å²) in [4.78, 5) is 0. The summed E-state index contributed by atoms with van der Waals surface area (Å²) in [5.74, 6) is -0.660. The molecule has 1 aromatic rings. The van der Waals surface area contributed by atoms with Gasteiger partial charge in [-0.3, -0.25) is 0 Å². The minimum atomic E-state index is -4.48. The van der Waals surface area contributed by atoms with Crippen molar-refractivity contribution in [2.24, 2.45) is 5.73 Å². The smallest absolute Gasteiger partial charge is 0.320 e. The van der Waals surface area contributed by atoms with Crippen molar-refractivity contribution in [3.8, 4) is 0 Å². The van der Waals surface area contributed by atoms with E-state index in [1.165, 1.54) is 18.2 Å². The molecule has 0 saturated heterocycles. The average Bonchev–Trinajstić information content (AvgIpc) is 2.07. The van der Waals surface area contributed by atoms with Gasteiger partial charge in [-0.05, 0) is 18.1 Å². The van der Waals surface area contributed by atoms with Gasteiger partial charge >= 0.3 is 6.18 Å². The van der Waals surface area contributed by atoms with Crippen molar-refractivity contribution in [2.75, 3.05) is 0 Å². The second kappa shape index (κ2) is 3.96. The molecule has 78 valence electrons. The second-order valence-corrected chi connectivity index (χ2v) is 2.94. The molecule has 0 heterocycles. The Bertz CT molecular complexity index is 308. The number of rotatable bonds is 2. The maximum atomic E-state index is 12.9. The van der Waals surface area contributed by atoms with E-state index in [4.69, 9.17) is 5.73 Å². The number of hydrogen-bond acceptors (Lipinski definition) is 1. The van der Waals surface area contributed by atoms with Crippen LogP contribution >= 0.6 is 0 Å². The lowest BCUT2D eigenvalue weighted by molar-refractivity contribution is -0.147. The largest absolute Gasteiger partial charge is 0.403 e. The minimum Gasteiger partial charge on any atom is -0.320 e. The predicted molar refractivity (Wildman–Crippen MR) is 44.1 cm³/mol. The zero-order chi connectivity index (χ0) is 10.8. The summed E-state index contributed by atoms with van der Waals surface area (Å²) < 4.78 is 49.0. The van der Waals surface area contributed by atoms with Crippen LogP contribution < -0.4 is 5.73 Å². The molecule has 0 bridgehead atoms. The summed E-state index contributed by atoms with van der Waals surface area (Å²) in [6.45, 7) is 0. The van der Waals surface area contributed by atoms with Gasteiger partial charge in [-0.2, -0.15) is 13.2 Å². The normalized spacial score (nSPS) is 14.1. The molecule has 1 nitrogen and oxygen atoms in total. The third-order valence-corrected chi connectivity index (χ3v) is 1.82. The van der Waals surface area contributed by atoms with Crippen LogP contribution in [0.15, 0.2) is 24.3 Å². The minimum absolute atomic E-state index is 0.0164. The Morgan fingerprint density at radius 2 is 1.79 bits per heavy atom. The quantitative estimate of drug-likeness (QED) is 0.739. The molecule has 0 aliphatic rings. The van der Waals surface area contributed by atoms with E-state index in [2.05, 4.69) is 0 Å². The molecule has 0 unspecified atom stereocenters. The molecule has 0 saturated carbocycles. The van der Waals surface area contributed by atoms with Crippen molar-refractivity contribution < 1.29 is 17.6 Å². The Morgan fingerprint density at radius 3 is 2.29 bits per heavy atom. The van der Waals surface area contributed by atoms with Gasteiger partial charge in [-0.15, -0.1) is 0 Å². The summed E-state index contributed by atoms with van der Waals surface area (Å²) in [6, 6.07) is 3.28. The molecule has 1 rings (SSSR count). The third-order valence-electron chi connectivity index (χ3n) is 1.82. The van der Waals surface area contributed by atoms with Crippen LogP contribution in [-0.2, 0) is 6.42 Å². The fourth-order valence-electron chi connectivity index (χ4n) is 1.02. The fourth-order valence-corrected chi connectivity index (χ4v) is 1.02. The third kappa shape index (κ3) is 2.70. The monoisotopic (exact) mass is 207 g/mol. The number of nitrogens with two attached hydrogens (primary N) is 1. The molecule has 14 heavy (non-hydrogen) atoms. The first-order chi connectivity index (χ1) is 6.41. The zero-order valence-corrected chi connectivity index (χ0v) is 7.18. The number of hydrogen-bond donors (Lipinski definition) is 1. The van der Waals surface area contributed by atoms with Gasteiger partial charge in [0.05, 0.1) is 0 Å². The Hall–Kier alpha value is -1.10. The van der Waals surface area contributed by atoms with E-state index < -0.39 is 24.5 Å². The van der Waals surface area contributed by atoms with Crippen molar-refractivity contribution in [1.82, 2.24) is 0 Å². The van der Waals surface area contributed by atoms with Gasteiger partial charge < -0.3 is 5.73 Å². The van der Waals surface area contributed by atoms with Crippen LogP contribution in [0.2, 0.25) is 0 Å². The SMILES string of the molecule is N[C@@H](Cc1ccccc1F)C(F)(F)F. The first-order valence-corrected chi connectivity index (χ1v) is 3.97. The molecule has 0 amide bonds. The molecule has 0 aromatic heterocycles. The van der Waals surface area contributed by atoms with Crippen molar-refractivity contribution >= 4 is 0 Å². The highest BCUT2D eigenvalue weighted by Gasteiger charge is 2.36. The molecule has 5 heteroatoms. The summed E-state index contributed by atoms with van der Waals surface area (Å²) in [5, 5.41) is 0. The van der Waals surface area contributed by atoms with Gasteiger partial charge in [0, 0.05) is 0 Å². The lowest BCUT2D eigenvalue weighted by Gasteiger charge is -2.15. The Labute approximate surface area is 78.5 Å². The molecule has 1 aromatic carbocycles. The fraction of sp³-hybridized carbons (Fsp3) is 0.333. The van der Waals surface area contributed by atoms with Gasteiger partial charge in [0.25, 0.3) is 0 Å². The van der Waals surface area contributed by atoms with Crippen LogP contribution in [0.4, 0.5) is 17.6 Å². The van der Waals surface area contributed by atoms with E-state index in [0.29, 0.717) is 0 Å². The van der Waals surface area contributed by atoms with Gasteiger partial charge in [0.2, 0.25) is 0 Å². The molecule has 0 radical (unpaired) electrons. The molecule has 0 fully saturated rings. The Balaban J connectivity index is 2.75. The highest BCUT2D eigenvalue weighted by atomic mass is 19.4. The first kappa shape index (κ1) is 11.0. The zero-order valence-electron chi connectivity index (χ0n) is 7.18. The molecule has 2 N–H and O–H groups in total. The van der Waals surface area contributed by atoms with Gasteiger partial charge in [0.15, 0.2) is 0 Å². The lowest BCUT2D eigenvalue weighted by Crippen LogP contribution is -2.39. The van der Waals surface area contributed by atoms with Crippen LogP contribution in [0.25, 0.3) is 0 Å². The molecule has 1 atom stereocenters. The first-order valence-electron chi connectivity index (χ1n) is 3.97. The van der Waals surface area contributed by atoms with Crippen LogP contribution in [0.3, 0.4) is 0 Å². The van der Waals surface area contributed by atoms with E-state index in [0.717, 1.165) is 6.07 Å². The van der Waals surface area contributed by atoms with E-state index in [-0.39, 0.29) is 5.56 Å². The molecular formula is C9H9F4N. The standard InChI is InChI=1S/C9H9F4N/c10-7-4-2-1-3-6(7)5-8(14)9(11,12)13/h1-4,8H,5,14H2/t8-/m0/s1. The van der Waals surface area contributed by atoms with E-state index in [1.54, 1.807) is 0 Å². The van der Waals surface area contributed by atoms with Crippen LogP contribution in [0, 0.1) is 5.82 Å². The van der Waals surface area contributed by atoms with E-state index >= 15 is 0 Å². The maximum absolute atomic E-state index is 12.9. The van der Waals surface area contributed by atoms with Gasteiger partial charge in [-0.25, -0.2) is 4.39 Å². The van der Waals surface area contributed by atoms with Gasteiger partial charge in [-0.1, -0.05) is 18.2 Å². The van der Waals surface area contributed by atoms with Crippen molar-refractivity contribution in [1.29, 1.82) is 0 Å². The molecular weight excluding hydrogens is 198 g/mol. The number of alkyl halides is 3. The average molecular weight is 207 g/mol. The summed E-state index contributed by atoms with van der Waals surface area (Å²) in [6.07, 6.45) is -5.02. The molecule has 0 aliphatic carbocycles. The Kier molecular flexibility index (Phi) is 3.10. The number of halogens is 4. The highest BCUT2D eigenvalue weighted by Crippen LogP contribution is 2.22.